The summed E-state index contributed by atoms with van der Waals surface area (Å²) in [4.78, 5) is 2.22. The molecule has 0 radical (unpaired) electrons. The molecular weight excluding hydrogens is 250 g/mol. The first-order chi connectivity index (χ1) is 8.63. The summed E-state index contributed by atoms with van der Waals surface area (Å²) in [7, 11) is 0. The third-order valence-electron chi connectivity index (χ3n) is 3.57. The number of anilines is 1. The predicted molar refractivity (Wildman–Crippen MR) is 73.4 cm³/mol. The molecule has 18 heavy (non-hydrogen) atoms. The fourth-order valence-electron chi connectivity index (χ4n) is 2.26. The van der Waals surface area contributed by atoms with Crippen LogP contribution in [0.5, 0.6) is 0 Å². The summed E-state index contributed by atoms with van der Waals surface area (Å²) in [5.74, 6) is 0.926. The van der Waals surface area contributed by atoms with Crippen LogP contribution >= 0.6 is 11.6 Å². The molecule has 0 aromatic carbocycles. The van der Waals surface area contributed by atoms with Gasteiger partial charge in [0.25, 0.3) is 0 Å². The van der Waals surface area contributed by atoms with Crippen molar-refractivity contribution in [3.8, 4) is 0 Å². The van der Waals surface area contributed by atoms with E-state index in [0.717, 1.165) is 49.5 Å². The third kappa shape index (κ3) is 2.75. The van der Waals surface area contributed by atoms with E-state index in [1.54, 1.807) is 0 Å². The lowest BCUT2D eigenvalue weighted by atomic mass is 10.1. The Morgan fingerprint density at radius 1 is 1.33 bits per heavy atom. The molecule has 0 bridgehead atoms. The second-order valence-electron chi connectivity index (χ2n) is 4.74. The average molecular weight is 270 g/mol. The van der Waals surface area contributed by atoms with Gasteiger partial charge >= 0.3 is 0 Å². The summed E-state index contributed by atoms with van der Waals surface area (Å²) >= 11 is 5.99. The summed E-state index contributed by atoms with van der Waals surface area (Å²) in [5, 5.41) is 8.75. The van der Waals surface area contributed by atoms with E-state index < -0.39 is 0 Å². The number of nitrogens with zero attached hydrogens (tertiary/aromatic N) is 3. The molecule has 1 atom stereocenters. The van der Waals surface area contributed by atoms with Crippen molar-refractivity contribution in [2.45, 2.75) is 39.7 Å². The molecule has 1 aliphatic heterocycles. The maximum absolute atomic E-state index is 5.99. The van der Waals surface area contributed by atoms with Crippen LogP contribution in [-0.4, -0.2) is 36.0 Å². The Hall–Kier alpha value is -0.870. The van der Waals surface area contributed by atoms with Crippen molar-refractivity contribution in [2.24, 2.45) is 0 Å². The largest absolute Gasteiger partial charge is 0.376 e. The van der Waals surface area contributed by atoms with Crippen LogP contribution in [0.3, 0.4) is 0 Å². The molecule has 1 aromatic rings. The number of rotatable bonds is 4. The van der Waals surface area contributed by atoms with E-state index in [0.29, 0.717) is 11.3 Å². The molecule has 100 valence electrons. The Balaban J connectivity index is 2.18. The second-order valence-corrected chi connectivity index (χ2v) is 5.10. The zero-order chi connectivity index (χ0) is 13.1. The van der Waals surface area contributed by atoms with Crippen LogP contribution in [0.2, 0.25) is 5.15 Å². The second kappa shape index (κ2) is 5.85. The van der Waals surface area contributed by atoms with Gasteiger partial charge in [0.2, 0.25) is 0 Å². The minimum atomic E-state index is 0.321. The molecule has 2 rings (SSSR count). The van der Waals surface area contributed by atoms with Crippen molar-refractivity contribution in [2.75, 3.05) is 24.6 Å². The van der Waals surface area contributed by atoms with Crippen LogP contribution in [0.15, 0.2) is 0 Å². The van der Waals surface area contributed by atoms with Gasteiger partial charge in [0, 0.05) is 19.7 Å². The van der Waals surface area contributed by atoms with Crippen molar-refractivity contribution in [1.82, 2.24) is 10.2 Å². The first-order valence-corrected chi connectivity index (χ1v) is 6.87. The predicted octanol–water partition coefficient (Wildman–Crippen LogP) is 2.75. The van der Waals surface area contributed by atoms with Gasteiger partial charge in [0.05, 0.1) is 6.10 Å². The van der Waals surface area contributed by atoms with E-state index in [1.165, 1.54) is 0 Å². The number of hydrogen-bond acceptors (Lipinski definition) is 4. The Labute approximate surface area is 113 Å². The van der Waals surface area contributed by atoms with Crippen LogP contribution in [0.4, 0.5) is 5.82 Å². The molecule has 1 fully saturated rings. The molecular formula is C13H20ClN3O. The molecule has 0 aliphatic carbocycles. The third-order valence-corrected chi connectivity index (χ3v) is 3.93. The molecule has 2 heterocycles. The highest BCUT2D eigenvalue weighted by atomic mass is 35.5. The Kier molecular flexibility index (Phi) is 4.40. The highest BCUT2D eigenvalue weighted by Gasteiger charge is 2.21. The molecule has 5 heteroatoms. The summed E-state index contributed by atoms with van der Waals surface area (Å²) in [5.41, 5.74) is 2.11. The Morgan fingerprint density at radius 3 is 2.72 bits per heavy atom. The topological polar surface area (TPSA) is 38.2 Å². The molecule has 4 nitrogen and oxygen atoms in total. The maximum Gasteiger partial charge on any atom is 0.155 e. The zero-order valence-corrected chi connectivity index (χ0v) is 12.0. The SMILES string of the molecule is CCN(CC1CCCO1)c1nnc(Cl)c(C)c1C. The van der Waals surface area contributed by atoms with Gasteiger partial charge in [-0.25, -0.2) is 0 Å². The number of aromatic nitrogens is 2. The minimum Gasteiger partial charge on any atom is -0.376 e. The minimum absolute atomic E-state index is 0.321. The number of halogens is 1. The number of likely N-dealkylation sites (N-methyl/N-ethyl adjacent to an activating group) is 1. The lowest BCUT2D eigenvalue weighted by Crippen LogP contribution is -2.33. The normalized spacial score (nSPS) is 19.2. The standard InChI is InChI=1S/C13H20ClN3O/c1-4-17(8-11-6-5-7-18-11)13-10(3)9(2)12(14)15-16-13/h11H,4-8H2,1-3H3. The quantitative estimate of drug-likeness (QED) is 0.842. The van der Waals surface area contributed by atoms with Gasteiger partial charge in [-0.1, -0.05) is 11.6 Å². The van der Waals surface area contributed by atoms with E-state index in [4.69, 9.17) is 16.3 Å². The monoisotopic (exact) mass is 269 g/mol. The maximum atomic E-state index is 5.99. The van der Waals surface area contributed by atoms with Gasteiger partial charge in [-0.2, -0.15) is 0 Å². The van der Waals surface area contributed by atoms with Crippen LogP contribution in [-0.2, 0) is 4.74 Å². The van der Waals surface area contributed by atoms with Crippen molar-refractivity contribution in [3.05, 3.63) is 16.3 Å². The van der Waals surface area contributed by atoms with Crippen LogP contribution in [0.25, 0.3) is 0 Å². The van der Waals surface area contributed by atoms with E-state index in [9.17, 15) is 0 Å². The fraction of sp³-hybridized carbons (Fsp3) is 0.692. The van der Waals surface area contributed by atoms with Crippen LogP contribution in [0, 0.1) is 13.8 Å². The van der Waals surface area contributed by atoms with Crippen molar-refractivity contribution in [3.63, 3.8) is 0 Å². The lowest BCUT2D eigenvalue weighted by molar-refractivity contribution is 0.115. The highest BCUT2D eigenvalue weighted by molar-refractivity contribution is 6.30. The van der Waals surface area contributed by atoms with Gasteiger partial charge in [0.1, 0.15) is 0 Å². The van der Waals surface area contributed by atoms with Gasteiger partial charge in [-0.05, 0) is 44.7 Å². The van der Waals surface area contributed by atoms with Gasteiger partial charge < -0.3 is 9.64 Å². The summed E-state index contributed by atoms with van der Waals surface area (Å²) in [6, 6.07) is 0. The van der Waals surface area contributed by atoms with Gasteiger partial charge in [-0.3, -0.25) is 0 Å². The molecule has 0 N–H and O–H groups in total. The summed E-state index contributed by atoms with van der Waals surface area (Å²) < 4.78 is 5.68. The Bertz CT molecular complexity index is 419. The fourth-order valence-corrected chi connectivity index (χ4v) is 2.44. The molecule has 0 saturated carbocycles. The van der Waals surface area contributed by atoms with Gasteiger partial charge in [0.15, 0.2) is 11.0 Å². The molecule has 0 amide bonds. The first-order valence-electron chi connectivity index (χ1n) is 6.49. The van der Waals surface area contributed by atoms with E-state index in [-0.39, 0.29) is 0 Å². The first kappa shape index (κ1) is 13.6. The highest BCUT2D eigenvalue weighted by Crippen LogP contribution is 2.25. The summed E-state index contributed by atoms with van der Waals surface area (Å²) in [6.45, 7) is 8.81. The van der Waals surface area contributed by atoms with E-state index >= 15 is 0 Å². The van der Waals surface area contributed by atoms with Crippen LogP contribution < -0.4 is 4.90 Å². The molecule has 1 aromatic heterocycles. The Morgan fingerprint density at radius 2 is 2.11 bits per heavy atom. The number of hydrogen-bond donors (Lipinski definition) is 0. The zero-order valence-electron chi connectivity index (χ0n) is 11.2. The van der Waals surface area contributed by atoms with Crippen molar-refractivity contribution in [1.29, 1.82) is 0 Å². The molecule has 1 unspecified atom stereocenters. The van der Waals surface area contributed by atoms with Gasteiger partial charge in [-0.15, -0.1) is 10.2 Å². The smallest absolute Gasteiger partial charge is 0.155 e. The van der Waals surface area contributed by atoms with Crippen molar-refractivity contribution >= 4 is 17.4 Å². The average Bonchev–Trinajstić information content (AvgIpc) is 2.87. The van der Waals surface area contributed by atoms with Crippen LogP contribution in [0.1, 0.15) is 30.9 Å². The molecule has 1 saturated heterocycles. The van der Waals surface area contributed by atoms with E-state index in [2.05, 4.69) is 22.0 Å². The lowest BCUT2D eigenvalue weighted by Gasteiger charge is -2.26. The molecule has 0 spiro atoms. The number of ether oxygens (including phenoxy) is 1. The molecule has 1 aliphatic rings. The van der Waals surface area contributed by atoms with E-state index in [1.807, 2.05) is 13.8 Å². The summed E-state index contributed by atoms with van der Waals surface area (Å²) in [6.07, 6.45) is 2.62. The van der Waals surface area contributed by atoms with Crippen molar-refractivity contribution < 1.29 is 4.74 Å².